The predicted octanol–water partition coefficient (Wildman–Crippen LogP) is 3.34. The van der Waals surface area contributed by atoms with Gasteiger partial charge in [0.1, 0.15) is 22.5 Å². The van der Waals surface area contributed by atoms with Crippen molar-refractivity contribution in [3.05, 3.63) is 35.3 Å². The van der Waals surface area contributed by atoms with Crippen LogP contribution in [0.15, 0.2) is 29.6 Å². The summed E-state index contributed by atoms with van der Waals surface area (Å²) in [5.41, 5.74) is 0.551. The molecule has 0 spiro atoms. The number of aliphatic carboxylic acids is 1. The van der Waals surface area contributed by atoms with Crippen LogP contribution in [0.4, 0.5) is 13.2 Å². The number of carbonyl (C=O) groups excluding carboxylic acids is 1. The number of nitrogens with one attached hydrogen (secondary N) is 1. The summed E-state index contributed by atoms with van der Waals surface area (Å²) in [6.07, 6.45) is -6.38. The molecule has 0 saturated carbocycles. The Hall–Kier alpha value is -2.62. The molecule has 0 aliphatic heterocycles. The number of aromatic nitrogens is 1. The maximum Gasteiger partial charge on any atom is 0.391 e. The third-order valence-corrected chi connectivity index (χ3v) is 4.08. The lowest BCUT2D eigenvalue weighted by Crippen LogP contribution is -2.43. The predicted molar refractivity (Wildman–Crippen MR) is 88.3 cm³/mol. The van der Waals surface area contributed by atoms with Gasteiger partial charge in [0.15, 0.2) is 0 Å². The fraction of sp³-hybridized carbons (Fsp3) is 0.312. The zero-order valence-corrected chi connectivity index (χ0v) is 14.4. The van der Waals surface area contributed by atoms with Crippen LogP contribution in [-0.2, 0) is 4.79 Å². The Balaban J connectivity index is 2.10. The number of halogens is 3. The smallest absolute Gasteiger partial charge is 0.391 e. The van der Waals surface area contributed by atoms with Crippen LogP contribution in [-0.4, -0.2) is 40.8 Å². The third kappa shape index (κ3) is 5.45. The topological polar surface area (TPSA) is 88.5 Å². The number of carboxylic acid groups (broad SMARTS) is 1. The summed E-state index contributed by atoms with van der Waals surface area (Å²) in [6.45, 7) is 2.37. The number of ether oxygens (including phenoxy) is 1. The first-order valence-electron chi connectivity index (χ1n) is 7.48. The summed E-state index contributed by atoms with van der Waals surface area (Å²) in [6, 6.07) is 4.84. The van der Waals surface area contributed by atoms with Crippen molar-refractivity contribution in [3.8, 4) is 16.3 Å². The first-order chi connectivity index (χ1) is 12.2. The zero-order chi connectivity index (χ0) is 19.3. The van der Waals surface area contributed by atoms with E-state index in [2.05, 4.69) is 4.98 Å². The molecule has 10 heteroatoms. The van der Waals surface area contributed by atoms with Crippen LogP contribution in [0.1, 0.15) is 23.8 Å². The third-order valence-electron chi connectivity index (χ3n) is 3.19. The van der Waals surface area contributed by atoms with Crippen molar-refractivity contribution in [2.75, 3.05) is 6.61 Å². The van der Waals surface area contributed by atoms with Crippen LogP contribution >= 0.6 is 11.3 Å². The van der Waals surface area contributed by atoms with Crippen LogP contribution in [0.3, 0.4) is 0 Å². The van der Waals surface area contributed by atoms with E-state index in [0.29, 0.717) is 22.9 Å². The number of hydrogen-bond donors (Lipinski definition) is 2. The van der Waals surface area contributed by atoms with Gasteiger partial charge < -0.3 is 15.2 Å². The summed E-state index contributed by atoms with van der Waals surface area (Å²) in [4.78, 5) is 27.0. The minimum atomic E-state index is -4.72. The minimum Gasteiger partial charge on any atom is -0.494 e. The summed E-state index contributed by atoms with van der Waals surface area (Å²) in [5, 5.41) is 12.5. The molecular weight excluding hydrogens is 373 g/mol. The van der Waals surface area contributed by atoms with Crippen LogP contribution in [0, 0.1) is 0 Å². The fourth-order valence-electron chi connectivity index (χ4n) is 2.03. The Kier molecular flexibility index (Phi) is 6.19. The largest absolute Gasteiger partial charge is 0.494 e. The lowest BCUT2D eigenvalue weighted by molar-refractivity contribution is -0.157. The lowest BCUT2D eigenvalue weighted by Gasteiger charge is -2.15. The molecule has 1 atom stereocenters. The number of carbonyl (C=O) groups is 2. The van der Waals surface area contributed by atoms with E-state index in [9.17, 15) is 22.8 Å². The molecule has 26 heavy (non-hydrogen) atoms. The summed E-state index contributed by atoms with van der Waals surface area (Å²) in [5.74, 6) is -2.07. The first-order valence-corrected chi connectivity index (χ1v) is 8.36. The Bertz CT molecular complexity index is 775. The molecule has 1 heterocycles. The van der Waals surface area contributed by atoms with E-state index in [1.54, 1.807) is 24.3 Å². The molecule has 1 amide bonds. The van der Waals surface area contributed by atoms with Gasteiger partial charge in [0, 0.05) is 10.9 Å². The van der Waals surface area contributed by atoms with E-state index in [1.807, 2.05) is 12.2 Å². The van der Waals surface area contributed by atoms with Crippen molar-refractivity contribution in [1.29, 1.82) is 0 Å². The van der Waals surface area contributed by atoms with Gasteiger partial charge in [-0.1, -0.05) is 0 Å². The van der Waals surface area contributed by atoms with Gasteiger partial charge in [-0.25, -0.2) is 9.78 Å². The standard InChI is InChI=1S/C16H15F3N2O4S/c1-2-25-10-5-3-9(4-6-10)14-21-12(8-26-14)13(22)20-11(15(23)24)7-16(17,18)19/h3-6,8,11H,2,7H2,1H3,(H,20,22)(H,23,24). The van der Waals surface area contributed by atoms with Gasteiger partial charge in [0.25, 0.3) is 5.91 Å². The lowest BCUT2D eigenvalue weighted by atomic mass is 10.2. The van der Waals surface area contributed by atoms with Crippen LogP contribution < -0.4 is 10.1 Å². The quantitative estimate of drug-likeness (QED) is 0.760. The fourth-order valence-corrected chi connectivity index (χ4v) is 2.84. The highest BCUT2D eigenvalue weighted by atomic mass is 32.1. The molecule has 1 aromatic heterocycles. The van der Waals surface area contributed by atoms with E-state index in [4.69, 9.17) is 9.84 Å². The van der Waals surface area contributed by atoms with Crippen LogP contribution in [0.25, 0.3) is 10.6 Å². The number of amides is 1. The summed E-state index contributed by atoms with van der Waals surface area (Å²) in [7, 11) is 0. The van der Waals surface area contributed by atoms with Crippen molar-refractivity contribution in [3.63, 3.8) is 0 Å². The van der Waals surface area contributed by atoms with Crippen LogP contribution in [0.2, 0.25) is 0 Å². The van der Waals surface area contributed by atoms with E-state index in [-0.39, 0.29) is 5.69 Å². The van der Waals surface area contributed by atoms with Gasteiger partial charge in [-0.2, -0.15) is 13.2 Å². The highest BCUT2D eigenvalue weighted by Crippen LogP contribution is 2.26. The van der Waals surface area contributed by atoms with Crippen molar-refractivity contribution < 1.29 is 32.6 Å². The number of rotatable bonds is 7. The highest BCUT2D eigenvalue weighted by Gasteiger charge is 2.36. The average molecular weight is 388 g/mol. The van der Waals surface area contributed by atoms with E-state index in [0.717, 1.165) is 11.3 Å². The highest BCUT2D eigenvalue weighted by molar-refractivity contribution is 7.13. The molecule has 1 unspecified atom stereocenters. The van der Waals surface area contributed by atoms with Crippen molar-refractivity contribution in [2.24, 2.45) is 0 Å². The van der Waals surface area contributed by atoms with Gasteiger partial charge in [-0.05, 0) is 31.2 Å². The Morgan fingerprint density at radius 1 is 1.31 bits per heavy atom. The first kappa shape index (κ1) is 19.7. The second-order valence-electron chi connectivity index (χ2n) is 5.18. The average Bonchev–Trinajstić information content (AvgIpc) is 3.04. The molecule has 0 aliphatic carbocycles. The summed E-state index contributed by atoms with van der Waals surface area (Å²) < 4.78 is 42.5. The molecular formula is C16H15F3N2O4S. The molecule has 6 nitrogen and oxygen atoms in total. The van der Waals surface area contributed by atoms with E-state index in [1.165, 1.54) is 5.38 Å². The van der Waals surface area contributed by atoms with Gasteiger partial charge in [-0.15, -0.1) is 11.3 Å². The SMILES string of the molecule is CCOc1ccc(-c2nc(C(=O)NC(CC(F)(F)F)C(=O)O)cs2)cc1. The maximum absolute atomic E-state index is 12.4. The van der Waals surface area contributed by atoms with Gasteiger partial charge >= 0.3 is 12.1 Å². The molecule has 0 saturated heterocycles. The van der Waals surface area contributed by atoms with Crippen molar-refractivity contribution >= 4 is 23.2 Å². The molecule has 1 aromatic carbocycles. The maximum atomic E-state index is 12.4. The minimum absolute atomic E-state index is 0.146. The molecule has 0 aliphatic rings. The van der Waals surface area contributed by atoms with Gasteiger partial charge in [-0.3, -0.25) is 4.79 Å². The molecule has 2 N–H and O–H groups in total. The Labute approximate surface area is 150 Å². The normalized spacial score (nSPS) is 12.5. The zero-order valence-electron chi connectivity index (χ0n) is 13.5. The second kappa shape index (κ2) is 8.17. The molecule has 2 rings (SSSR count). The molecule has 0 fully saturated rings. The number of benzene rings is 1. The van der Waals surface area contributed by atoms with Gasteiger partial charge in [0.2, 0.25) is 0 Å². The number of hydrogen-bond acceptors (Lipinski definition) is 5. The number of nitrogens with zero attached hydrogens (tertiary/aromatic N) is 1. The molecule has 2 aromatic rings. The van der Waals surface area contributed by atoms with Crippen LogP contribution in [0.5, 0.6) is 5.75 Å². The number of carboxylic acids is 1. The van der Waals surface area contributed by atoms with Gasteiger partial charge in [0.05, 0.1) is 13.0 Å². The van der Waals surface area contributed by atoms with Crippen molar-refractivity contribution in [1.82, 2.24) is 10.3 Å². The Morgan fingerprint density at radius 3 is 2.50 bits per heavy atom. The van der Waals surface area contributed by atoms with Crippen molar-refractivity contribution in [2.45, 2.75) is 25.6 Å². The summed E-state index contributed by atoms with van der Waals surface area (Å²) >= 11 is 1.12. The monoisotopic (exact) mass is 388 g/mol. The molecule has 0 bridgehead atoms. The van der Waals surface area contributed by atoms with E-state index >= 15 is 0 Å². The number of alkyl halides is 3. The van der Waals surface area contributed by atoms with E-state index < -0.39 is 30.5 Å². The number of thiazole rings is 1. The Morgan fingerprint density at radius 2 is 1.96 bits per heavy atom. The second-order valence-corrected chi connectivity index (χ2v) is 6.04. The molecule has 140 valence electrons. The molecule has 0 radical (unpaired) electrons.